The van der Waals surface area contributed by atoms with Crippen LogP contribution in [0.5, 0.6) is 5.75 Å². The van der Waals surface area contributed by atoms with E-state index >= 15 is 0 Å². The molecule has 0 saturated heterocycles. The molecule has 1 aliphatic rings. The maximum absolute atomic E-state index is 14.2. The number of oxazole rings is 1. The van der Waals surface area contributed by atoms with Gasteiger partial charge in [0.15, 0.2) is 5.82 Å². The van der Waals surface area contributed by atoms with E-state index in [1.54, 1.807) is 23.1 Å². The molecule has 1 fully saturated rings. The van der Waals surface area contributed by atoms with E-state index in [1.807, 2.05) is 6.92 Å². The Bertz CT molecular complexity index is 883. The van der Waals surface area contributed by atoms with E-state index in [0.717, 1.165) is 18.7 Å². The zero-order valence-electron chi connectivity index (χ0n) is 13.5. The normalized spacial score (nSPS) is 14.1. The summed E-state index contributed by atoms with van der Waals surface area (Å²) in [5, 5.41) is 4.46. The molecule has 0 N–H and O–H groups in total. The van der Waals surface area contributed by atoms with Gasteiger partial charge in [-0.05, 0) is 31.9 Å². The molecule has 1 aromatic carbocycles. The standard InChI is InChI=1S/C17H17FN4O2/c1-10-15(8-22-9-19-16(21-22)11-3-4-11)20-17(24-10)13-6-5-12(23-2)7-14(13)18/h5-7,9,11H,3-4,8H2,1-2H3. The average Bonchev–Trinajstić information content (AvgIpc) is 3.22. The van der Waals surface area contributed by atoms with E-state index in [1.165, 1.54) is 13.2 Å². The van der Waals surface area contributed by atoms with Gasteiger partial charge in [0.05, 0.1) is 19.2 Å². The smallest absolute Gasteiger partial charge is 0.229 e. The Morgan fingerprint density at radius 2 is 2.21 bits per heavy atom. The molecule has 1 aliphatic carbocycles. The van der Waals surface area contributed by atoms with Crippen LogP contribution in [-0.4, -0.2) is 26.9 Å². The van der Waals surface area contributed by atoms with Crippen LogP contribution in [0, 0.1) is 12.7 Å². The van der Waals surface area contributed by atoms with Gasteiger partial charge in [0.1, 0.15) is 29.3 Å². The summed E-state index contributed by atoms with van der Waals surface area (Å²) >= 11 is 0. The predicted molar refractivity (Wildman–Crippen MR) is 84.3 cm³/mol. The number of nitrogens with zero attached hydrogens (tertiary/aromatic N) is 4. The van der Waals surface area contributed by atoms with Gasteiger partial charge in [-0.25, -0.2) is 19.0 Å². The Balaban J connectivity index is 1.59. The minimum atomic E-state index is -0.432. The number of aryl methyl sites for hydroxylation is 1. The monoisotopic (exact) mass is 328 g/mol. The van der Waals surface area contributed by atoms with Gasteiger partial charge >= 0.3 is 0 Å². The zero-order valence-corrected chi connectivity index (χ0v) is 13.5. The summed E-state index contributed by atoms with van der Waals surface area (Å²) in [6, 6.07) is 4.59. The Labute approximate surface area is 138 Å². The Hall–Kier alpha value is -2.70. The molecule has 124 valence electrons. The highest BCUT2D eigenvalue weighted by Gasteiger charge is 2.27. The maximum atomic E-state index is 14.2. The van der Waals surface area contributed by atoms with E-state index in [4.69, 9.17) is 9.15 Å². The van der Waals surface area contributed by atoms with Gasteiger partial charge in [-0.1, -0.05) is 0 Å². The van der Waals surface area contributed by atoms with Gasteiger partial charge in [0.2, 0.25) is 5.89 Å². The van der Waals surface area contributed by atoms with Gasteiger partial charge in [-0.2, -0.15) is 5.10 Å². The lowest BCUT2D eigenvalue weighted by Gasteiger charge is -2.02. The lowest BCUT2D eigenvalue weighted by atomic mass is 10.2. The van der Waals surface area contributed by atoms with Gasteiger partial charge in [0.25, 0.3) is 0 Å². The van der Waals surface area contributed by atoms with Gasteiger partial charge in [0, 0.05) is 12.0 Å². The molecule has 0 bridgehead atoms. The fraction of sp³-hybridized carbons (Fsp3) is 0.353. The third-order valence-corrected chi connectivity index (χ3v) is 4.11. The van der Waals surface area contributed by atoms with Crippen LogP contribution in [0.25, 0.3) is 11.5 Å². The van der Waals surface area contributed by atoms with E-state index in [-0.39, 0.29) is 5.89 Å². The largest absolute Gasteiger partial charge is 0.497 e. The topological polar surface area (TPSA) is 66.0 Å². The van der Waals surface area contributed by atoms with Crippen molar-refractivity contribution >= 4 is 0 Å². The highest BCUT2D eigenvalue weighted by atomic mass is 19.1. The molecular formula is C17H17FN4O2. The number of halogens is 1. The number of benzene rings is 1. The van der Waals surface area contributed by atoms with Crippen LogP contribution in [0.2, 0.25) is 0 Å². The summed E-state index contributed by atoms with van der Waals surface area (Å²) in [6.45, 7) is 2.26. The molecule has 1 saturated carbocycles. The fourth-order valence-corrected chi connectivity index (χ4v) is 2.55. The van der Waals surface area contributed by atoms with Crippen LogP contribution in [0.15, 0.2) is 28.9 Å². The Morgan fingerprint density at radius 3 is 2.92 bits per heavy atom. The summed E-state index contributed by atoms with van der Waals surface area (Å²) in [5.41, 5.74) is 1.02. The first-order valence-electron chi connectivity index (χ1n) is 7.83. The molecule has 0 radical (unpaired) electrons. The molecule has 0 unspecified atom stereocenters. The van der Waals surface area contributed by atoms with Crippen molar-refractivity contribution in [1.29, 1.82) is 0 Å². The quantitative estimate of drug-likeness (QED) is 0.719. The first-order valence-corrected chi connectivity index (χ1v) is 7.83. The van der Waals surface area contributed by atoms with E-state index in [9.17, 15) is 4.39 Å². The van der Waals surface area contributed by atoms with Crippen molar-refractivity contribution in [3.05, 3.63) is 47.6 Å². The second-order valence-corrected chi connectivity index (χ2v) is 5.94. The molecule has 24 heavy (non-hydrogen) atoms. The number of hydrogen-bond donors (Lipinski definition) is 0. The van der Waals surface area contributed by atoms with Crippen molar-refractivity contribution < 1.29 is 13.5 Å². The molecular weight excluding hydrogens is 311 g/mol. The third kappa shape index (κ3) is 2.77. The summed E-state index contributed by atoms with van der Waals surface area (Å²) in [4.78, 5) is 8.75. The minimum Gasteiger partial charge on any atom is -0.497 e. The van der Waals surface area contributed by atoms with Crippen LogP contribution in [-0.2, 0) is 6.54 Å². The third-order valence-electron chi connectivity index (χ3n) is 4.11. The highest BCUT2D eigenvalue weighted by molar-refractivity contribution is 5.56. The van der Waals surface area contributed by atoms with Crippen molar-refractivity contribution in [1.82, 2.24) is 19.7 Å². The molecule has 3 aromatic rings. The molecule has 0 aliphatic heterocycles. The molecule has 2 aromatic heterocycles. The van der Waals surface area contributed by atoms with Gasteiger partial charge in [-0.3, -0.25) is 0 Å². The van der Waals surface area contributed by atoms with Crippen LogP contribution in [0.3, 0.4) is 0 Å². The summed E-state index contributed by atoms with van der Waals surface area (Å²) in [6.07, 6.45) is 4.03. The van der Waals surface area contributed by atoms with Crippen LogP contribution in [0.1, 0.15) is 36.0 Å². The first kappa shape index (κ1) is 14.9. The van der Waals surface area contributed by atoms with Gasteiger partial charge in [-0.15, -0.1) is 0 Å². The lowest BCUT2D eigenvalue weighted by molar-refractivity contribution is 0.411. The van der Waals surface area contributed by atoms with E-state index in [2.05, 4.69) is 15.1 Å². The highest BCUT2D eigenvalue weighted by Crippen LogP contribution is 2.37. The molecule has 0 atom stereocenters. The van der Waals surface area contributed by atoms with E-state index < -0.39 is 5.82 Å². The van der Waals surface area contributed by atoms with Crippen molar-refractivity contribution in [2.24, 2.45) is 0 Å². The van der Waals surface area contributed by atoms with E-state index in [0.29, 0.717) is 35.2 Å². The molecule has 6 nitrogen and oxygen atoms in total. The van der Waals surface area contributed by atoms with Crippen LogP contribution in [0.4, 0.5) is 4.39 Å². The lowest BCUT2D eigenvalue weighted by Crippen LogP contribution is -2.02. The van der Waals surface area contributed by atoms with Crippen molar-refractivity contribution in [3.8, 4) is 17.2 Å². The van der Waals surface area contributed by atoms with Crippen LogP contribution >= 0.6 is 0 Å². The Kier molecular flexibility index (Phi) is 3.55. The molecule has 7 heteroatoms. The second-order valence-electron chi connectivity index (χ2n) is 5.94. The molecule has 4 rings (SSSR count). The van der Waals surface area contributed by atoms with Crippen molar-refractivity contribution in [2.45, 2.75) is 32.2 Å². The summed E-state index contributed by atoms with van der Waals surface area (Å²) in [5.74, 6) is 2.31. The summed E-state index contributed by atoms with van der Waals surface area (Å²) in [7, 11) is 1.50. The summed E-state index contributed by atoms with van der Waals surface area (Å²) < 4.78 is 26.6. The number of methoxy groups -OCH3 is 1. The Morgan fingerprint density at radius 1 is 1.38 bits per heavy atom. The SMILES string of the molecule is COc1ccc(-c2nc(Cn3cnc(C4CC4)n3)c(C)o2)c(F)c1. The number of rotatable bonds is 5. The number of ether oxygens (including phenoxy) is 1. The molecule has 0 amide bonds. The fourth-order valence-electron chi connectivity index (χ4n) is 2.55. The molecule has 2 heterocycles. The maximum Gasteiger partial charge on any atom is 0.229 e. The second kappa shape index (κ2) is 5.74. The van der Waals surface area contributed by atoms with Crippen LogP contribution < -0.4 is 4.74 Å². The minimum absolute atomic E-state index is 0.255. The zero-order chi connectivity index (χ0) is 16.7. The molecule has 0 spiro atoms. The van der Waals surface area contributed by atoms with Gasteiger partial charge < -0.3 is 9.15 Å². The first-order chi connectivity index (χ1) is 11.6. The average molecular weight is 328 g/mol. The number of aromatic nitrogens is 4. The van der Waals surface area contributed by atoms with Crippen molar-refractivity contribution in [2.75, 3.05) is 7.11 Å². The number of hydrogen-bond acceptors (Lipinski definition) is 5. The predicted octanol–water partition coefficient (Wildman–Crippen LogP) is 3.31. The van der Waals surface area contributed by atoms with Crippen molar-refractivity contribution in [3.63, 3.8) is 0 Å².